The van der Waals surface area contributed by atoms with Crippen LogP contribution < -0.4 is 15.4 Å². The Labute approximate surface area is 194 Å². The van der Waals surface area contributed by atoms with Crippen molar-refractivity contribution >= 4 is 29.2 Å². The fourth-order valence-corrected chi connectivity index (χ4v) is 3.75. The third-order valence-electron chi connectivity index (χ3n) is 5.35. The Hall–Kier alpha value is -4.73. The summed E-state index contributed by atoms with van der Waals surface area (Å²) in [6.45, 7) is 0. The van der Waals surface area contributed by atoms with Crippen molar-refractivity contribution in [1.82, 2.24) is 10.2 Å². The molecular weight excluding hydrogens is 440 g/mol. The average Bonchev–Trinajstić information content (AvgIpc) is 3.09. The number of carbonyl (C=O) groups is 3. The molecule has 0 aliphatic carbocycles. The number of nitro groups is 1. The minimum atomic E-state index is -1.01. The second kappa shape index (κ2) is 9.41. The molecule has 0 saturated carbocycles. The highest BCUT2D eigenvalue weighted by Gasteiger charge is 2.40. The van der Waals surface area contributed by atoms with E-state index in [2.05, 4.69) is 10.6 Å². The van der Waals surface area contributed by atoms with Crippen LogP contribution in [0.15, 0.2) is 72.8 Å². The predicted molar refractivity (Wildman–Crippen MR) is 123 cm³/mol. The number of nitrogens with one attached hydrogen (secondary N) is 2. The van der Waals surface area contributed by atoms with Crippen molar-refractivity contribution < 1.29 is 24.0 Å². The van der Waals surface area contributed by atoms with Gasteiger partial charge in [-0.25, -0.2) is 4.79 Å². The number of anilines is 1. The van der Waals surface area contributed by atoms with Gasteiger partial charge in [0.15, 0.2) is 0 Å². The van der Waals surface area contributed by atoms with E-state index in [0.29, 0.717) is 0 Å². The van der Waals surface area contributed by atoms with Crippen molar-refractivity contribution in [1.29, 1.82) is 0 Å². The number of hydrogen-bond acceptors (Lipinski definition) is 6. The number of amides is 4. The molecule has 0 fully saturated rings. The van der Waals surface area contributed by atoms with Crippen molar-refractivity contribution in [3.8, 4) is 5.75 Å². The Morgan fingerprint density at radius 1 is 1.00 bits per heavy atom. The number of carbonyl (C=O) groups excluding carboxylic acids is 3. The number of nitro benzene ring substituents is 1. The van der Waals surface area contributed by atoms with Gasteiger partial charge in [-0.15, -0.1) is 0 Å². The predicted octanol–water partition coefficient (Wildman–Crippen LogP) is 3.59. The Balaban J connectivity index is 1.62. The maximum atomic E-state index is 13.0. The van der Waals surface area contributed by atoms with Gasteiger partial charge in [0.2, 0.25) is 0 Å². The molecule has 0 saturated heterocycles. The van der Waals surface area contributed by atoms with Crippen LogP contribution in [0.5, 0.6) is 5.75 Å². The first-order valence-corrected chi connectivity index (χ1v) is 10.3. The number of non-ortho nitro benzene ring substituents is 1. The first kappa shape index (κ1) is 22.5. The molecule has 3 aromatic carbocycles. The molecule has 3 aromatic rings. The van der Waals surface area contributed by atoms with Crippen molar-refractivity contribution in [2.24, 2.45) is 0 Å². The van der Waals surface area contributed by atoms with Crippen LogP contribution in [0.2, 0.25) is 0 Å². The Bertz CT molecular complexity index is 1240. The molecule has 2 N–H and O–H groups in total. The number of ether oxygens (including phenoxy) is 1. The van der Waals surface area contributed by atoms with E-state index in [1.54, 1.807) is 24.3 Å². The molecule has 1 aliphatic rings. The van der Waals surface area contributed by atoms with E-state index in [1.165, 1.54) is 19.2 Å². The molecule has 0 aromatic heterocycles. The number of imide groups is 1. The summed E-state index contributed by atoms with van der Waals surface area (Å²) >= 11 is 0. The van der Waals surface area contributed by atoms with E-state index in [-0.39, 0.29) is 34.7 Å². The van der Waals surface area contributed by atoms with E-state index in [4.69, 9.17) is 4.74 Å². The molecule has 10 heteroatoms. The summed E-state index contributed by atoms with van der Waals surface area (Å²) < 4.78 is 5.17. The lowest BCUT2D eigenvalue weighted by molar-refractivity contribution is -0.384. The number of rotatable bonds is 7. The first-order valence-electron chi connectivity index (χ1n) is 10.3. The minimum Gasteiger partial charge on any atom is -0.495 e. The van der Waals surface area contributed by atoms with Gasteiger partial charge in [-0.3, -0.25) is 24.6 Å². The molecule has 10 nitrogen and oxygen atoms in total. The maximum absolute atomic E-state index is 13.0. The Kier molecular flexibility index (Phi) is 6.22. The molecule has 1 atom stereocenters. The van der Waals surface area contributed by atoms with Crippen molar-refractivity contribution in [3.05, 3.63) is 99.6 Å². The monoisotopic (exact) mass is 460 g/mol. The summed E-state index contributed by atoms with van der Waals surface area (Å²) in [5.74, 6) is -0.828. The second-order valence-corrected chi connectivity index (χ2v) is 7.47. The zero-order valence-corrected chi connectivity index (χ0v) is 18.1. The average molecular weight is 460 g/mol. The lowest BCUT2D eigenvalue weighted by Crippen LogP contribution is -2.53. The highest BCUT2D eigenvalue weighted by atomic mass is 16.6. The van der Waals surface area contributed by atoms with Crippen LogP contribution in [-0.2, 0) is 6.42 Å². The SMILES string of the molecule is COc1ccc([N+](=O)[O-])cc1NC(=O)NC(Cc1ccccc1)N1C(=O)c2ccccc2C1=O. The van der Waals surface area contributed by atoms with Crippen molar-refractivity contribution in [3.63, 3.8) is 0 Å². The van der Waals surface area contributed by atoms with E-state index >= 15 is 0 Å². The van der Waals surface area contributed by atoms with Gasteiger partial charge in [0.1, 0.15) is 11.9 Å². The Morgan fingerprint density at radius 3 is 2.21 bits per heavy atom. The topological polar surface area (TPSA) is 131 Å². The minimum absolute atomic E-state index is 0.0648. The zero-order valence-electron chi connectivity index (χ0n) is 18.1. The van der Waals surface area contributed by atoms with Gasteiger partial charge in [-0.05, 0) is 23.8 Å². The fourth-order valence-electron chi connectivity index (χ4n) is 3.75. The lowest BCUT2D eigenvalue weighted by atomic mass is 10.1. The Morgan fingerprint density at radius 2 is 1.62 bits per heavy atom. The summed E-state index contributed by atoms with van der Waals surface area (Å²) in [4.78, 5) is 50.5. The van der Waals surface area contributed by atoms with Gasteiger partial charge in [0.05, 0.1) is 28.8 Å². The fraction of sp³-hybridized carbons (Fsp3) is 0.125. The molecule has 0 radical (unpaired) electrons. The van der Waals surface area contributed by atoms with Crippen LogP contribution >= 0.6 is 0 Å². The molecule has 4 rings (SSSR count). The van der Waals surface area contributed by atoms with Gasteiger partial charge >= 0.3 is 6.03 Å². The molecule has 1 heterocycles. The lowest BCUT2D eigenvalue weighted by Gasteiger charge is -2.27. The highest BCUT2D eigenvalue weighted by Crippen LogP contribution is 2.29. The van der Waals surface area contributed by atoms with E-state index in [0.717, 1.165) is 16.5 Å². The van der Waals surface area contributed by atoms with Gasteiger partial charge in [0, 0.05) is 18.6 Å². The quantitative estimate of drug-likeness (QED) is 0.315. The van der Waals surface area contributed by atoms with Gasteiger partial charge < -0.3 is 15.4 Å². The van der Waals surface area contributed by atoms with Crippen LogP contribution in [0, 0.1) is 10.1 Å². The van der Waals surface area contributed by atoms with E-state index in [9.17, 15) is 24.5 Å². The summed E-state index contributed by atoms with van der Waals surface area (Å²) in [5, 5.41) is 16.3. The summed E-state index contributed by atoms with van der Waals surface area (Å²) in [7, 11) is 1.36. The number of hydrogen-bond donors (Lipinski definition) is 2. The third-order valence-corrected chi connectivity index (χ3v) is 5.35. The molecule has 34 heavy (non-hydrogen) atoms. The summed E-state index contributed by atoms with van der Waals surface area (Å²) in [6.07, 6.45) is -0.856. The van der Waals surface area contributed by atoms with Gasteiger partial charge in [-0.2, -0.15) is 0 Å². The summed E-state index contributed by atoms with van der Waals surface area (Å²) in [6, 6.07) is 18.5. The number of benzene rings is 3. The number of nitrogens with zero attached hydrogens (tertiary/aromatic N) is 2. The van der Waals surface area contributed by atoms with Crippen LogP contribution in [0.3, 0.4) is 0 Å². The van der Waals surface area contributed by atoms with Crippen LogP contribution in [-0.4, -0.2) is 40.9 Å². The zero-order chi connectivity index (χ0) is 24.2. The van der Waals surface area contributed by atoms with Gasteiger partial charge in [-0.1, -0.05) is 42.5 Å². The highest BCUT2D eigenvalue weighted by molar-refractivity contribution is 6.21. The van der Waals surface area contributed by atoms with E-state index < -0.39 is 28.9 Å². The molecule has 172 valence electrons. The number of urea groups is 1. The molecule has 1 aliphatic heterocycles. The second-order valence-electron chi connectivity index (χ2n) is 7.47. The molecular formula is C24H20N4O6. The molecule has 0 bridgehead atoms. The van der Waals surface area contributed by atoms with Crippen molar-refractivity contribution in [2.75, 3.05) is 12.4 Å². The van der Waals surface area contributed by atoms with E-state index in [1.807, 2.05) is 30.3 Å². The molecule has 4 amide bonds. The van der Waals surface area contributed by atoms with Gasteiger partial charge in [0.25, 0.3) is 17.5 Å². The number of fused-ring (bicyclic) bond motifs is 1. The number of methoxy groups -OCH3 is 1. The first-order chi connectivity index (χ1) is 16.4. The summed E-state index contributed by atoms with van der Waals surface area (Å²) in [5.41, 5.74) is 1.13. The largest absolute Gasteiger partial charge is 0.495 e. The normalized spacial score (nSPS) is 13.3. The van der Waals surface area contributed by atoms with Crippen LogP contribution in [0.4, 0.5) is 16.2 Å². The smallest absolute Gasteiger partial charge is 0.320 e. The van der Waals surface area contributed by atoms with Crippen LogP contribution in [0.25, 0.3) is 0 Å². The molecule has 0 spiro atoms. The standard InChI is InChI=1S/C24H20N4O6/c1-34-20-12-11-16(28(32)33)14-19(20)25-24(31)26-21(13-15-7-3-2-4-8-15)27-22(29)17-9-5-6-10-18(17)23(27)30/h2-12,14,21H,13H2,1H3,(H2,25,26,31). The van der Waals surface area contributed by atoms with Crippen molar-refractivity contribution in [2.45, 2.75) is 12.6 Å². The maximum Gasteiger partial charge on any atom is 0.320 e. The third kappa shape index (κ3) is 4.42. The molecule has 1 unspecified atom stereocenters. The van der Waals surface area contributed by atoms with Crippen LogP contribution in [0.1, 0.15) is 26.3 Å².